The molecular formula is C36H40O6. The molecule has 0 N–H and O–H groups in total. The van der Waals surface area contributed by atoms with Crippen LogP contribution in [0.5, 0.6) is 0 Å². The highest BCUT2D eigenvalue weighted by Crippen LogP contribution is 2.45. The van der Waals surface area contributed by atoms with E-state index in [-0.39, 0.29) is 48.4 Å². The van der Waals surface area contributed by atoms with Crippen LogP contribution in [0.25, 0.3) is 11.1 Å². The minimum absolute atomic E-state index is 0.0206. The number of esters is 2. The second-order valence-electron chi connectivity index (χ2n) is 11.8. The maximum absolute atomic E-state index is 13.3. The number of benzene rings is 3. The fraction of sp³-hybridized carbons (Fsp3) is 0.444. The van der Waals surface area contributed by atoms with Gasteiger partial charge >= 0.3 is 11.9 Å². The van der Waals surface area contributed by atoms with Gasteiger partial charge in [-0.3, -0.25) is 4.79 Å². The molecule has 6 rings (SSSR count). The summed E-state index contributed by atoms with van der Waals surface area (Å²) in [6, 6.07) is 28.1. The summed E-state index contributed by atoms with van der Waals surface area (Å²) in [6.45, 7) is 0.742. The lowest BCUT2D eigenvalue weighted by atomic mass is 9.86. The molecule has 0 amide bonds. The molecule has 3 aromatic rings. The standard InChI is InChI=1S/C36H40O6/c37-34-23-31-30(21-20-29(40-35-13-7-8-22-39-35)19-14-25-9-3-1-4-10-25)32(24-33(31)41-34)42-36(38)28-17-15-27(16-18-28)26-11-5-2-6-12-26/h1-6,9-12,15-18,29-33,35H,7-8,13-14,19-24H2/t29-,30?,31?,32?,33?,35+/m1/s1. The molecule has 0 spiro atoms. The SMILES string of the molecule is O=C1CC2C(CC(OC(=O)c3ccc(-c4ccccc4)cc3)C2CC[C@@H](CCc2ccccc2)O[C@H]2CCCCO2)O1. The van der Waals surface area contributed by atoms with E-state index in [1.54, 1.807) is 0 Å². The van der Waals surface area contributed by atoms with Gasteiger partial charge in [0.1, 0.15) is 12.2 Å². The largest absolute Gasteiger partial charge is 0.462 e. The van der Waals surface area contributed by atoms with E-state index >= 15 is 0 Å². The lowest BCUT2D eigenvalue weighted by Crippen LogP contribution is -2.31. The summed E-state index contributed by atoms with van der Waals surface area (Å²) in [5.41, 5.74) is 3.97. The molecule has 6 nitrogen and oxygen atoms in total. The van der Waals surface area contributed by atoms with Crippen LogP contribution in [0.1, 0.15) is 67.3 Å². The number of carbonyl (C=O) groups excluding carboxylic acids is 2. The van der Waals surface area contributed by atoms with E-state index in [1.807, 2.05) is 60.7 Å². The summed E-state index contributed by atoms with van der Waals surface area (Å²) in [6.07, 6.45) is 6.85. The maximum atomic E-state index is 13.3. The van der Waals surface area contributed by atoms with E-state index in [9.17, 15) is 9.59 Å². The van der Waals surface area contributed by atoms with Gasteiger partial charge < -0.3 is 18.9 Å². The van der Waals surface area contributed by atoms with Crippen LogP contribution in [0.3, 0.4) is 0 Å². The Kier molecular flexibility index (Phi) is 9.31. The van der Waals surface area contributed by atoms with Gasteiger partial charge in [0, 0.05) is 24.9 Å². The second kappa shape index (κ2) is 13.7. The van der Waals surface area contributed by atoms with Crippen LogP contribution in [0, 0.1) is 11.8 Å². The van der Waals surface area contributed by atoms with Crippen molar-refractivity contribution in [3.63, 3.8) is 0 Å². The summed E-state index contributed by atoms with van der Waals surface area (Å²) < 4.78 is 24.2. The minimum atomic E-state index is -0.330. The average Bonchev–Trinajstić information content (AvgIpc) is 3.55. The van der Waals surface area contributed by atoms with Crippen LogP contribution in [-0.4, -0.2) is 43.1 Å². The van der Waals surface area contributed by atoms with Crippen molar-refractivity contribution in [1.82, 2.24) is 0 Å². The normalized spacial score (nSPS) is 25.9. The molecule has 6 atom stereocenters. The summed E-state index contributed by atoms with van der Waals surface area (Å²) >= 11 is 0. The Morgan fingerprint density at radius 3 is 2.36 bits per heavy atom. The van der Waals surface area contributed by atoms with Crippen molar-refractivity contribution in [2.45, 2.75) is 82.4 Å². The van der Waals surface area contributed by atoms with Gasteiger partial charge in [0.2, 0.25) is 0 Å². The highest BCUT2D eigenvalue weighted by Gasteiger charge is 2.51. The van der Waals surface area contributed by atoms with Crippen molar-refractivity contribution < 1.29 is 28.5 Å². The topological polar surface area (TPSA) is 71.1 Å². The first kappa shape index (κ1) is 28.6. The van der Waals surface area contributed by atoms with Crippen molar-refractivity contribution in [2.75, 3.05) is 6.61 Å². The quantitative estimate of drug-likeness (QED) is 0.229. The van der Waals surface area contributed by atoms with Crippen molar-refractivity contribution in [3.05, 3.63) is 96.1 Å². The lowest BCUT2D eigenvalue weighted by Gasteiger charge is -2.30. The number of aryl methyl sites for hydroxylation is 1. The number of carbonyl (C=O) groups is 2. The van der Waals surface area contributed by atoms with Gasteiger partial charge in [-0.2, -0.15) is 0 Å². The van der Waals surface area contributed by atoms with Crippen molar-refractivity contribution in [2.24, 2.45) is 11.8 Å². The average molecular weight is 569 g/mol. The van der Waals surface area contributed by atoms with Gasteiger partial charge in [-0.25, -0.2) is 4.79 Å². The molecular weight excluding hydrogens is 528 g/mol. The van der Waals surface area contributed by atoms with Gasteiger partial charge in [0.15, 0.2) is 6.29 Å². The number of hydrogen-bond acceptors (Lipinski definition) is 6. The monoisotopic (exact) mass is 568 g/mol. The molecule has 3 fully saturated rings. The Balaban J connectivity index is 1.12. The third kappa shape index (κ3) is 7.11. The smallest absolute Gasteiger partial charge is 0.338 e. The Hall–Kier alpha value is -3.48. The van der Waals surface area contributed by atoms with Crippen LogP contribution in [0.4, 0.5) is 0 Å². The molecule has 1 aliphatic carbocycles. The zero-order valence-electron chi connectivity index (χ0n) is 24.1. The number of fused-ring (bicyclic) bond motifs is 1. The number of ether oxygens (including phenoxy) is 4. The molecule has 0 bridgehead atoms. The van der Waals surface area contributed by atoms with E-state index in [2.05, 4.69) is 24.3 Å². The molecule has 4 unspecified atom stereocenters. The van der Waals surface area contributed by atoms with Gasteiger partial charge in [-0.1, -0.05) is 72.8 Å². The van der Waals surface area contributed by atoms with Gasteiger partial charge in [-0.05, 0) is 73.8 Å². The molecule has 1 saturated carbocycles. The van der Waals surface area contributed by atoms with Crippen LogP contribution in [0.15, 0.2) is 84.9 Å². The number of rotatable bonds is 11. The molecule has 3 aliphatic rings. The Bertz CT molecular complexity index is 1300. The van der Waals surface area contributed by atoms with Crippen molar-refractivity contribution >= 4 is 11.9 Å². The van der Waals surface area contributed by atoms with Gasteiger partial charge in [0.05, 0.1) is 18.1 Å². The summed E-state index contributed by atoms with van der Waals surface area (Å²) in [4.78, 5) is 25.5. The second-order valence-corrected chi connectivity index (χ2v) is 11.8. The van der Waals surface area contributed by atoms with Crippen LogP contribution >= 0.6 is 0 Å². The van der Waals surface area contributed by atoms with E-state index in [1.165, 1.54) is 5.56 Å². The Morgan fingerprint density at radius 2 is 1.62 bits per heavy atom. The lowest BCUT2D eigenvalue weighted by molar-refractivity contribution is -0.191. The van der Waals surface area contributed by atoms with Crippen molar-refractivity contribution in [1.29, 1.82) is 0 Å². The van der Waals surface area contributed by atoms with Crippen LogP contribution < -0.4 is 0 Å². The molecule has 220 valence electrons. The zero-order chi connectivity index (χ0) is 28.7. The molecule has 42 heavy (non-hydrogen) atoms. The molecule has 2 heterocycles. The molecule has 6 heteroatoms. The third-order valence-electron chi connectivity index (χ3n) is 9.04. The highest BCUT2D eigenvalue weighted by atomic mass is 16.7. The predicted octanol–water partition coefficient (Wildman–Crippen LogP) is 7.16. The van der Waals surface area contributed by atoms with Crippen LogP contribution in [-0.2, 0) is 30.2 Å². The van der Waals surface area contributed by atoms with E-state index in [4.69, 9.17) is 18.9 Å². The Morgan fingerprint density at radius 1 is 0.881 bits per heavy atom. The summed E-state index contributed by atoms with van der Waals surface area (Å²) in [5, 5.41) is 0. The number of hydrogen-bond donors (Lipinski definition) is 0. The fourth-order valence-corrected chi connectivity index (χ4v) is 6.79. The minimum Gasteiger partial charge on any atom is -0.462 e. The Labute approximate surface area is 248 Å². The third-order valence-corrected chi connectivity index (χ3v) is 9.04. The molecule has 0 radical (unpaired) electrons. The molecule has 2 saturated heterocycles. The first-order chi connectivity index (χ1) is 20.6. The van der Waals surface area contributed by atoms with E-state index in [0.29, 0.717) is 18.4 Å². The van der Waals surface area contributed by atoms with Crippen LogP contribution in [0.2, 0.25) is 0 Å². The first-order valence-electron chi connectivity index (χ1n) is 15.5. The van der Waals surface area contributed by atoms with Crippen molar-refractivity contribution in [3.8, 4) is 11.1 Å². The zero-order valence-corrected chi connectivity index (χ0v) is 24.1. The molecule has 3 aromatic carbocycles. The molecule has 2 aliphatic heterocycles. The van der Waals surface area contributed by atoms with E-state index in [0.717, 1.165) is 62.7 Å². The first-order valence-corrected chi connectivity index (χ1v) is 15.5. The van der Waals surface area contributed by atoms with E-state index < -0.39 is 0 Å². The summed E-state index contributed by atoms with van der Waals surface area (Å²) in [7, 11) is 0. The fourth-order valence-electron chi connectivity index (χ4n) is 6.79. The highest BCUT2D eigenvalue weighted by molar-refractivity contribution is 5.90. The van der Waals surface area contributed by atoms with Gasteiger partial charge in [0.25, 0.3) is 0 Å². The predicted molar refractivity (Wildman–Crippen MR) is 160 cm³/mol. The summed E-state index contributed by atoms with van der Waals surface area (Å²) in [5.74, 6) is -0.368. The van der Waals surface area contributed by atoms with Gasteiger partial charge in [-0.15, -0.1) is 0 Å². The molecule has 0 aromatic heterocycles. The maximum Gasteiger partial charge on any atom is 0.338 e.